The zero-order chi connectivity index (χ0) is 16.8. The number of unbranched alkanes of at least 4 members (excludes halogenated alkanes) is 6. The molecule has 1 rings (SSSR count). The van der Waals surface area contributed by atoms with E-state index in [0.29, 0.717) is 13.2 Å². The van der Waals surface area contributed by atoms with Gasteiger partial charge >= 0.3 is 0 Å². The number of hydrogen-bond donors (Lipinski definition) is 0. The Hall–Kier alpha value is -0.860. The molecule has 2 nitrogen and oxygen atoms in total. The van der Waals surface area contributed by atoms with Gasteiger partial charge in [-0.3, -0.25) is 0 Å². The topological polar surface area (TPSA) is 18.5 Å². The van der Waals surface area contributed by atoms with Gasteiger partial charge in [-0.1, -0.05) is 75.8 Å². The maximum atomic E-state index is 6.10. The highest BCUT2D eigenvalue weighted by Gasteiger charge is 2.31. The molecule has 0 saturated heterocycles. The zero-order valence-electron chi connectivity index (χ0n) is 15.5. The van der Waals surface area contributed by atoms with E-state index in [9.17, 15) is 0 Å². The summed E-state index contributed by atoms with van der Waals surface area (Å²) in [6.07, 6.45) is 11.0. The Balaban J connectivity index is 2.50. The fourth-order valence-electron chi connectivity index (χ4n) is 3.16. The number of benzene rings is 1. The first-order valence-electron chi connectivity index (χ1n) is 9.58. The summed E-state index contributed by atoms with van der Waals surface area (Å²) in [6.45, 7) is 7.78. The van der Waals surface area contributed by atoms with Gasteiger partial charge in [0.1, 0.15) is 0 Å². The summed E-state index contributed by atoms with van der Waals surface area (Å²) >= 11 is 0. The molecule has 132 valence electrons. The van der Waals surface area contributed by atoms with E-state index in [1.54, 1.807) is 0 Å². The monoisotopic (exact) mass is 320 g/mol. The van der Waals surface area contributed by atoms with Crippen LogP contribution in [0.15, 0.2) is 30.3 Å². The molecular formula is C21H36O2. The highest BCUT2D eigenvalue weighted by atomic mass is 16.7. The molecule has 0 aliphatic carbocycles. The SMILES string of the molecule is CCCCCCCCCC(Cc1ccccc1)(OCC)OCC. The number of hydrogen-bond acceptors (Lipinski definition) is 2. The molecule has 2 heteroatoms. The lowest BCUT2D eigenvalue weighted by Crippen LogP contribution is -2.38. The molecule has 0 spiro atoms. The van der Waals surface area contributed by atoms with Crippen LogP contribution in [0.25, 0.3) is 0 Å². The van der Waals surface area contributed by atoms with Gasteiger partial charge in [-0.25, -0.2) is 0 Å². The minimum Gasteiger partial charge on any atom is -0.350 e. The average Bonchev–Trinajstić information content (AvgIpc) is 2.55. The van der Waals surface area contributed by atoms with Gasteiger partial charge in [0.2, 0.25) is 0 Å². The summed E-state index contributed by atoms with van der Waals surface area (Å²) in [5.74, 6) is -0.450. The first-order valence-corrected chi connectivity index (χ1v) is 9.58. The Morgan fingerprint density at radius 2 is 1.30 bits per heavy atom. The van der Waals surface area contributed by atoms with Crippen LogP contribution < -0.4 is 0 Å². The molecule has 1 aromatic carbocycles. The second-order valence-electron chi connectivity index (χ2n) is 6.31. The summed E-state index contributed by atoms with van der Waals surface area (Å²) in [6, 6.07) is 10.6. The van der Waals surface area contributed by atoms with Gasteiger partial charge in [0.15, 0.2) is 5.79 Å². The van der Waals surface area contributed by atoms with Gasteiger partial charge in [0, 0.05) is 26.1 Å². The van der Waals surface area contributed by atoms with Crippen LogP contribution in [0.3, 0.4) is 0 Å². The predicted octanol–water partition coefficient (Wildman–Crippen LogP) is 6.14. The first kappa shape index (κ1) is 20.2. The van der Waals surface area contributed by atoms with Crippen LogP contribution >= 0.6 is 0 Å². The Labute approximate surface area is 143 Å². The van der Waals surface area contributed by atoms with Crippen molar-refractivity contribution in [2.24, 2.45) is 0 Å². The highest BCUT2D eigenvalue weighted by molar-refractivity contribution is 5.16. The Kier molecular flexibility index (Phi) is 11.0. The average molecular weight is 321 g/mol. The Morgan fingerprint density at radius 1 is 0.739 bits per heavy atom. The van der Waals surface area contributed by atoms with Gasteiger partial charge in [-0.05, 0) is 25.8 Å². The molecule has 0 aliphatic heterocycles. The molecule has 0 aliphatic rings. The molecule has 0 amide bonds. The molecule has 0 heterocycles. The molecule has 0 fully saturated rings. The largest absolute Gasteiger partial charge is 0.350 e. The minimum absolute atomic E-state index is 0.450. The molecule has 0 radical (unpaired) electrons. The van der Waals surface area contributed by atoms with Crippen LogP contribution in [0.4, 0.5) is 0 Å². The van der Waals surface area contributed by atoms with Gasteiger partial charge < -0.3 is 9.47 Å². The van der Waals surface area contributed by atoms with Crippen LogP contribution in [0.2, 0.25) is 0 Å². The maximum absolute atomic E-state index is 6.10. The molecule has 0 unspecified atom stereocenters. The lowest BCUT2D eigenvalue weighted by atomic mass is 9.98. The second-order valence-corrected chi connectivity index (χ2v) is 6.31. The van der Waals surface area contributed by atoms with Crippen molar-refractivity contribution < 1.29 is 9.47 Å². The maximum Gasteiger partial charge on any atom is 0.172 e. The van der Waals surface area contributed by atoms with Crippen molar-refractivity contribution >= 4 is 0 Å². The van der Waals surface area contributed by atoms with Crippen molar-refractivity contribution in [3.8, 4) is 0 Å². The standard InChI is InChI=1S/C21H36O2/c1-4-7-8-9-10-11-15-18-21(22-5-2,23-6-3)19-20-16-13-12-14-17-20/h12-14,16-17H,4-11,15,18-19H2,1-3H3. The minimum atomic E-state index is -0.450. The lowest BCUT2D eigenvalue weighted by Gasteiger charge is -2.33. The van der Waals surface area contributed by atoms with E-state index in [4.69, 9.17) is 9.47 Å². The lowest BCUT2D eigenvalue weighted by molar-refractivity contribution is -0.236. The fraction of sp³-hybridized carbons (Fsp3) is 0.714. The summed E-state index contributed by atoms with van der Waals surface area (Å²) in [7, 11) is 0. The third-order valence-corrected chi connectivity index (χ3v) is 4.29. The van der Waals surface area contributed by atoms with Crippen LogP contribution in [-0.2, 0) is 15.9 Å². The zero-order valence-corrected chi connectivity index (χ0v) is 15.5. The van der Waals surface area contributed by atoms with E-state index >= 15 is 0 Å². The second kappa shape index (κ2) is 12.5. The van der Waals surface area contributed by atoms with Crippen molar-refractivity contribution in [2.45, 2.75) is 84.3 Å². The van der Waals surface area contributed by atoms with Gasteiger partial charge in [0.25, 0.3) is 0 Å². The summed E-state index contributed by atoms with van der Waals surface area (Å²) in [5, 5.41) is 0. The van der Waals surface area contributed by atoms with Gasteiger partial charge in [0.05, 0.1) is 0 Å². The third kappa shape index (κ3) is 8.53. The summed E-state index contributed by atoms with van der Waals surface area (Å²) < 4.78 is 12.2. The Morgan fingerprint density at radius 3 is 1.87 bits per heavy atom. The summed E-state index contributed by atoms with van der Waals surface area (Å²) in [4.78, 5) is 0. The van der Waals surface area contributed by atoms with E-state index in [-0.39, 0.29) is 0 Å². The van der Waals surface area contributed by atoms with Crippen molar-refractivity contribution in [3.05, 3.63) is 35.9 Å². The molecule has 1 aromatic rings. The predicted molar refractivity (Wildman–Crippen MR) is 98.7 cm³/mol. The molecule has 0 saturated carbocycles. The molecule has 0 bridgehead atoms. The van der Waals surface area contributed by atoms with E-state index < -0.39 is 5.79 Å². The van der Waals surface area contributed by atoms with Crippen molar-refractivity contribution in [3.63, 3.8) is 0 Å². The quantitative estimate of drug-likeness (QED) is 0.303. The van der Waals surface area contributed by atoms with Crippen molar-refractivity contribution in [2.75, 3.05) is 13.2 Å². The summed E-state index contributed by atoms with van der Waals surface area (Å²) in [5.41, 5.74) is 1.29. The van der Waals surface area contributed by atoms with Crippen LogP contribution in [0.5, 0.6) is 0 Å². The third-order valence-electron chi connectivity index (χ3n) is 4.29. The van der Waals surface area contributed by atoms with Crippen LogP contribution in [0, 0.1) is 0 Å². The van der Waals surface area contributed by atoms with Gasteiger partial charge in [-0.2, -0.15) is 0 Å². The van der Waals surface area contributed by atoms with Crippen molar-refractivity contribution in [1.29, 1.82) is 0 Å². The number of rotatable bonds is 14. The molecular weight excluding hydrogens is 284 g/mol. The van der Waals surface area contributed by atoms with Gasteiger partial charge in [-0.15, -0.1) is 0 Å². The smallest absolute Gasteiger partial charge is 0.172 e. The van der Waals surface area contributed by atoms with Crippen LogP contribution in [0.1, 0.15) is 77.7 Å². The van der Waals surface area contributed by atoms with E-state index in [2.05, 4.69) is 51.1 Å². The molecule has 0 aromatic heterocycles. The molecule has 23 heavy (non-hydrogen) atoms. The normalized spacial score (nSPS) is 11.8. The number of ether oxygens (including phenoxy) is 2. The van der Waals surface area contributed by atoms with E-state index in [1.807, 2.05) is 0 Å². The molecule has 0 N–H and O–H groups in total. The molecule has 0 atom stereocenters. The first-order chi connectivity index (χ1) is 11.3. The highest BCUT2D eigenvalue weighted by Crippen LogP contribution is 2.27. The fourth-order valence-corrected chi connectivity index (χ4v) is 3.16. The van der Waals surface area contributed by atoms with E-state index in [1.165, 1.54) is 50.5 Å². The van der Waals surface area contributed by atoms with Crippen LogP contribution in [-0.4, -0.2) is 19.0 Å². The van der Waals surface area contributed by atoms with Crippen molar-refractivity contribution in [1.82, 2.24) is 0 Å². The Bertz CT molecular complexity index is 369. The van der Waals surface area contributed by atoms with E-state index in [0.717, 1.165) is 12.8 Å².